The molecule has 1 aromatic carbocycles. The van der Waals surface area contributed by atoms with Crippen LogP contribution in [0.15, 0.2) is 44.1 Å². The molecule has 5 N–H and O–H groups in total. The minimum Gasteiger partial charge on any atom is -0.493 e. The van der Waals surface area contributed by atoms with Crippen LogP contribution in [0.1, 0.15) is 0 Å². The first-order valence-corrected chi connectivity index (χ1v) is 4.89. The molecule has 0 saturated heterocycles. The predicted molar refractivity (Wildman–Crippen MR) is 64.4 cm³/mol. The van der Waals surface area contributed by atoms with Gasteiger partial charge in [-0.3, -0.25) is 14.8 Å². The van der Waals surface area contributed by atoms with E-state index in [-0.39, 0.29) is 5.69 Å². The van der Waals surface area contributed by atoms with Crippen LogP contribution in [0.3, 0.4) is 0 Å². The van der Waals surface area contributed by atoms with E-state index in [0.717, 1.165) is 0 Å². The lowest BCUT2D eigenvalue weighted by atomic mass is 10.3. The lowest BCUT2D eigenvalue weighted by Gasteiger charge is -1.96. The number of nitrogens with two attached hydrogens (primary N) is 1. The van der Waals surface area contributed by atoms with Crippen LogP contribution < -0.4 is 17.0 Å². The number of hydrogen-bond donors (Lipinski definition) is 4. The van der Waals surface area contributed by atoms with Crippen molar-refractivity contribution >= 4 is 17.1 Å². The van der Waals surface area contributed by atoms with Crippen molar-refractivity contribution in [1.82, 2.24) is 9.97 Å². The molecular weight excluding hydrogens is 238 g/mol. The highest BCUT2D eigenvalue weighted by molar-refractivity contribution is 5.48. The molecule has 1 heterocycles. The number of rotatable bonds is 2. The van der Waals surface area contributed by atoms with Gasteiger partial charge in [-0.05, 0) is 24.3 Å². The number of aromatic amines is 2. The lowest BCUT2D eigenvalue weighted by molar-refractivity contribution is 0.450. The van der Waals surface area contributed by atoms with Gasteiger partial charge in [0.15, 0.2) is 0 Å². The monoisotopic (exact) mass is 247 g/mol. The van der Waals surface area contributed by atoms with Gasteiger partial charge in [-0.1, -0.05) is 0 Å². The molecule has 0 spiro atoms. The number of azo groups is 1. The third kappa shape index (κ3) is 2.43. The van der Waals surface area contributed by atoms with E-state index in [0.29, 0.717) is 11.4 Å². The van der Waals surface area contributed by atoms with E-state index in [1.807, 2.05) is 9.97 Å². The van der Waals surface area contributed by atoms with Crippen molar-refractivity contribution in [3.63, 3.8) is 0 Å². The maximum absolute atomic E-state index is 11.3. The Bertz CT molecular complexity index is 699. The smallest absolute Gasteiger partial charge is 0.328 e. The first-order chi connectivity index (χ1) is 8.56. The molecule has 0 aliphatic carbocycles. The molecule has 0 atom stereocenters. The van der Waals surface area contributed by atoms with Gasteiger partial charge in [0.1, 0.15) is 0 Å². The molecule has 2 rings (SSSR count). The van der Waals surface area contributed by atoms with Crippen molar-refractivity contribution in [2.75, 3.05) is 5.73 Å². The highest BCUT2D eigenvalue weighted by Gasteiger charge is 2.06. The van der Waals surface area contributed by atoms with E-state index in [2.05, 4.69) is 10.2 Å². The van der Waals surface area contributed by atoms with Gasteiger partial charge in [-0.25, -0.2) is 4.79 Å². The summed E-state index contributed by atoms with van der Waals surface area (Å²) in [7, 11) is 0. The number of aromatic hydroxyl groups is 1. The van der Waals surface area contributed by atoms with Crippen molar-refractivity contribution in [3.8, 4) is 5.88 Å². The van der Waals surface area contributed by atoms with Crippen LogP contribution in [0, 0.1) is 0 Å². The number of anilines is 1. The molecule has 0 bridgehead atoms. The molecule has 2 aromatic rings. The average molecular weight is 247 g/mol. The van der Waals surface area contributed by atoms with E-state index < -0.39 is 17.1 Å². The Morgan fingerprint density at radius 2 is 1.72 bits per heavy atom. The fourth-order valence-electron chi connectivity index (χ4n) is 1.21. The fourth-order valence-corrected chi connectivity index (χ4v) is 1.21. The van der Waals surface area contributed by atoms with Crippen LogP contribution in [0.25, 0.3) is 0 Å². The summed E-state index contributed by atoms with van der Waals surface area (Å²) >= 11 is 0. The number of nitrogens with one attached hydrogen (secondary N) is 2. The van der Waals surface area contributed by atoms with E-state index in [4.69, 9.17) is 5.73 Å². The molecule has 0 fully saturated rings. The number of nitrogens with zero attached hydrogens (tertiary/aromatic N) is 2. The first-order valence-electron chi connectivity index (χ1n) is 4.89. The summed E-state index contributed by atoms with van der Waals surface area (Å²) in [5.74, 6) is -0.636. The molecule has 0 aliphatic heterocycles. The molecule has 0 aliphatic rings. The third-order valence-corrected chi connectivity index (χ3v) is 2.06. The van der Waals surface area contributed by atoms with Gasteiger partial charge in [0.25, 0.3) is 5.56 Å². The summed E-state index contributed by atoms with van der Waals surface area (Å²) in [6, 6.07) is 6.42. The zero-order valence-electron chi connectivity index (χ0n) is 9.04. The highest BCUT2D eigenvalue weighted by atomic mass is 16.3. The Morgan fingerprint density at radius 3 is 2.33 bits per heavy atom. The van der Waals surface area contributed by atoms with Gasteiger partial charge in [-0.2, -0.15) is 5.11 Å². The van der Waals surface area contributed by atoms with E-state index in [1.165, 1.54) is 0 Å². The van der Waals surface area contributed by atoms with Crippen molar-refractivity contribution in [2.24, 2.45) is 10.2 Å². The quantitative estimate of drug-likeness (QED) is 0.460. The third-order valence-electron chi connectivity index (χ3n) is 2.06. The van der Waals surface area contributed by atoms with Gasteiger partial charge in [0.05, 0.1) is 5.69 Å². The molecule has 0 amide bonds. The number of aromatic nitrogens is 2. The van der Waals surface area contributed by atoms with Crippen LogP contribution in [-0.2, 0) is 0 Å². The minimum atomic E-state index is -0.824. The second kappa shape index (κ2) is 4.53. The summed E-state index contributed by atoms with van der Waals surface area (Å²) in [5, 5.41) is 16.6. The standard InChI is InChI=1S/C10H9N5O3/c11-5-1-3-6(4-2-5)14-15-7-8(16)12-10(18)13-9(7)17/h1-4H,11H2,(H3,12,13,16,17,18). The summed E-state index contributed by atoms with van der Waals surface area (Å²) in [4.78, 5) is 26.1. The van der Waals surface area contributed by atoms with Crippen molar-refractivity contribution in [1.29, 1.82) is 0 Å². The number of H-pyrrole nitrogens is 2. The second-order valence-corrected chi connectivity index (χ2v) is 3.40. The first kappa shape index (κ1) is 11.6. The molecule has 92 valence electrons. The van der Waals surface area contributed by atoms with Crippen molar-refractivity contribution < 1.29 is 5.11 Å². The van der Waals surface area contributed by atoms with Crippen LogP contribution in [0.2, 0.25) is 0 Å². The Labute approximate surface area is 99.8 Å². The average Bonchev–Trinajstić information content (AvgIpc) is 2.30. The zero-order chi connectivity index (χ0) is 13.1. The van der Waals surface area contributed by atoms with Crippen molar-refractivity contribution in [3.05, 3.63) is 45.1 Å². The Balaban J connectivity index is 2.38. The molecular formula is C10H9N5O3. The second-order valence-electron chi connectivity index (χ2n) is 3.40. The lowest BCUT2D eigenvalue weighted by Crippen LogP contribution is -2.20. The molecule has 0 saturated carbocycles. The number of hydrogen-bond acceptors (Lipinski definition) is 6. The zero-order valence-corrected chi connectivity index (χ0v) is 9.04. The van der Waals surface area contributed by atoms with E-state index in [9.17, 15) is 14.7 Å². The summed E-state index contributed by atoms with van der Waals surface area (Å²) in [6.45, 7) is 0. The summed E-state index contributed by atoms with van der Waals surface area (Å²) in [5.41, 5.74) is 4.50. The largest absolute Gasteiger partial charge is 0.493 e. The fraction of sp³-hybridized carbons (Fsp3) is 0. The topological polar surface area (TPSA) is 137 Å². The number of nitrogen functional groups attached to an aromatic ring is 1. The highest BCUT2D eigenvalue weighted by Crippen LogP contribution is 2.20. The molecule has 1 aromatic heterocycles. The Kier molecular flexibility index (Phi) is 2.92. The normalized spacial score (nSPS) is 10.9. The molecule has 8 nitrogen and oxygen atoms in total. The SMILES string of the molecule is Nc1ccc(N=Nc2c(O)[nH]c(=O)[nH]c2=O)cc1. The maximum Gasteiger partial charge on any atom is 0.328 e. The van der Waals surface area contributed by atoms with Crippen molar-refractivity contribution in [2.45, 2.75) is 0 Å². The van der Waals surface area contributed by atoms with Gasteiger partial charge >= 0.3 is 5.69 Å². The van der Waals surface area contributed by atoms with Gasteiger partial charge < -0.3 is 10.8 Å². The van der Waals surface area contributed by atoms with Gasteiger partial charge in [-0.15, -0.1) is 5.11 Å². The van der Waals surface area contributed by atoms with Crippen LogP contribution in [0.4, 0.5) is 17.1 Å². The molecule has 8 heteroatoms. The van der Waals surface area contributed by atoms with E-state index >= 15 is 0 Å². The Hall–Kier alpha value is -2.90. The Morgan fingerprint density at radius 1 is 1.06 bits per heavy atom. The molecule has 0 radical (unpaired) electrons. The summed E-state index contributed by atoms with van der Waals surface area (Å²) in [6.07, 6.45) is 0. The minimum absolute atomic E-state index is 0.369. The van der Waals surface area contributed by atoms with Crippen LogP contribution in [-0.4, -0.2) is 15.1 Å². The molecule has 18 heavy (non-hydrogen) atoms. The van der Waals surface area contributed by atoms with Gasteiger partial charge in [0.2, 0.25) is 11.6 Å². The van der Waals surface area contributed by atoms with Crippen LogP contribution in [0.5, 0.6) is 5.88 Å². The maximum atomic E-state index is 11.3. The van der Waals surface area contributed by atoms with E-state index in [1.54, 1.807) is 24.3 Å². The van der Waals surface area contributed by atoms with Gasteiger partial charge in [0, 0.05) is 5.69 Å². The van der Waals surface area contributed by atoms with Crippen LogP contribution >= 0.6 is 0 Å². The predicted octanol–water partition coefficient (Wildman–Crippen LogP) is 0.766. The number of benzene rings is 1. The molecule has 0 unspecified atom stereocenters. The summed E-state index contributed by atoms with van der Waals surface area (Å²) < 4.78 is 0.